The van der Waals surface area contributed by atoms with Crippen molar-refractivity contribution in [3.63, 3.8) is 0 Å². The second-order valence-corrected chi connectivity index (χ2v) is 5.10. The van der Waals surface area contributed by atoms with Crippen LogP contribution in [0.15, 0.2) is 29.4 Å². The first-order chi connectivity index (χ1) is 9.56. The van der Waals surface area contributed by atoms with Crippen LogP contribution in [0.25, 0.3) is 0 Å². The number of benzene rings is 1. The van der Waals surface area contributed by atoms with Crippen LogP contribution in [0.1, 0.15) is 31.9 Å². The van der Waals surface area contributed by atoms with Crippen molar-refractivity contribution in [1.82, 2.24) is 10.7 Å². The number of nitrogens with one attached hydrogen (secondary N) is 2. The summed E-state index contributed by atoms with van der Waals surface area (Å²) in [6.45, 7) is 6.69. The molecule has 4 nitrogen and oxygen atoms in total. The van der Waals surface area contributed by atoms with Gasteiger partial charge in [-0.2, -0.15) is 5.10 Å². The minimum absolute atomic E-state index is 0.152. The predicted molar refractivity (Wildman–Crippen MR) is 88.2 cm³/mol. The van der Waals surface area contributed by atoms with Crippen LogP contribution < -0.4 is 10.7 Å². The standard InChI is InChI=1S/C15H23N3OS/c1-5-13-6-8-14(9-7-13)12(3)17-18-15(20)16-11(2)10-19-4/h6-9,11H,5,10H2,1-4H3,(H2,16,18,20)/b17-12-/t11-/m0/s1. The maximum atomic E-state index is 5.17. The molecular formula is C15H23N3OS. The van der Waals surface area contributed by atoms with E-state index in [4.69, 9.17) is 17.0 Å². The number of rotatable bonds is 6. The largest absolute Gasteiger partial charge is 0.383 e. The summed E-state index contributed by atoms with van der Waals surface area (Å²) in [5.74, 6) is 0. The molecule has 0 aromatic heterocycles. The van der Waals surface area contributed by atoms with Crippen LogP contribution in [0.5, 0.6) is 0 Å². The summed E-state index contributed by atoms with van der Waals surface area (Å²) in [4.78, 5) is 0. The SMILES string of the molecule is CCc1ccc(/C(C)=N\NC(=S)N[C@@H](C)COC)cc1. The van der Waals surface area contributed by atoms with E-state index in [1.54, 1.807) is 7.11 Å². The molecule has 0 heterocycles. The molecule has 0 aliphatic rings. The molecule has 0 fully saturated rings. The molecule has 0 unspecified atom stereocenters. The Hall–Kier alpha value is -1.46. The molecule has 5 heteroatoms. The first kappa shape index (κ1) is 16.6. The molecule has 0 saturated heterocycles. The Balaban J connectivity index is 2.53. The molecule has 1 aromatic rings. The third kappa shape index (κ3) is 5.67. The molecular weight excluding hydrogens is 270 g/mol. The van der Waals surface area contributed by atoms with E-state index in [9.17, 15) is 0 Å². The van der Waals surface area contributed by atoms with Gasteiger partial charge >= 0.3 is 0 Å². The molecule has 1 rings (SSSR count). The quantitative estimate of drug-likeness (QED) is 0.480. The number of hydrogen-bond acceptors (Lipinski definition) is 3. The number of hydrazone groups is 1. The third-order valence-electron chi connectivity index (χ3n) is 2.90. The molecule has 20 heavy (non-hydrogen) atoms. The van der Waals surface area contributed by atoms with Crippen molar-refractivity contribution in [2.45, 2.75) is 33.2 Å². The average molecular weight is 293 g/mol. The average Bonchev–Trinajstić information content (AvgIpc) is 2.45. The normalized spacial score (nSPS) is 12.9. The first-order valence-corrected chi connectivity index (χ1v) is 7.16. The van der Waals surface area contributed by atoms with Gasteiger partial charge in [-0.15, -0.1) is 0 Å². The predicted octanol–water partition coefficient (Wildman–Crippen LogP) is 2.47. The van der Waals surface area contributed by atoms with Gasteiger partial charge in [0, 0.05) is 13.2 Å². The highest BCUT2D eigenvalue weighted by molar-refractivity contribution is 7.80. The Morgan fingerprint density at radius 2 is 2.00 bits per heavy atom. The Kier molecular flexibility index (Phi) is 7.18. The fourth-order valence-corrected chi connectivity index (χ4v) is 1.98. The summed E-state index contributed by atoms with van der Waals surface area (Å²) in [7, 11) is 1.66. The molecule has 0 saturated carbocycles. The van der Waals surface area contributed by atoms with Crippen LogP contribution in [0.3, 0.4) is 0 Å². The number of ether oxygens (including phenoxy) is 1. The monoisotopic (exact) mass is 293 g/mol. The Morgan fingerprint density at radius 1 is 1.35 bits per heavy atom. The van der Waals surface area contributed by atoms with Gasteiger partial charge in [0.1, 0.15) is 0 Å². The minimum Gasteiger partial charge on any atom is -0.383 e. The van der Waals surface area contributed by atoms with Gasteiger partial charge in [-0.25, -0.2) is 0 Å². The van der Waals surface area contributed by atoms with Gasteiger partial charge in [-0.1, -0.05) is 31.2 Å². The zero-order valence-corrected chi connectivity index (χ0v) is 13.4. The lowest BCUT2D eigenvalue weighted by Crippen LogP contribution is -2.40. The van der Waals surface area contributed by atoms with Crippen LogP contribution in [-0.2, 0) is 11.2 Å². The van der Waals surface area contributed by atoms with Crippen LogP contribution in [0.2, 0.25) is 0 Å². The van der Waals surface area contributed by atoms with E-state index in [0.29, 0.717) is 11.7 Å². The van der Waals surface area contributed by atoms with E-state index in [0.717, 1.165) is 17.7 Å². The molecule has 2 N–H and O–H groups in total. The molecule has 0 aliphatic heterocycles. The van der Waals surface area contributed by atoms with Crippen LogP contribution in [0.4, 0.5) is 0 Å². The van der Waals surface area contributed by atoms with Gasteiger partial charge in [0.25, 0.3) is 0 Å². The van der Waals surface area contributed by atoms with E-state index in [1.165, 1.54) is 5.56 Å². The summed E-state index contributed by atoms with van der Waals surface area (Å²) < 4.78 is 5.04. The minimum atomic E-state index is 0.152. The summed E-state index contributed by atoms with van der Waals surface area (Å²) in [5, 5.41) is 7.88. The van der Waals surface area contributed by atoms with Gasteiger partial charge in [0.15, 0.2) is 5.11 Å². The maximum absolute atomic E-state index is 5.17. The topological polar surface area (TPSA) is 45.7 Å². The fourth-order valence-electron chi connectivity index (χ4n) is 1.73. The van der Waals surface area contributed by atoms with Crippen molar-refractivity contribution < 1.29 is 4.74 Å². The Labute approximate surface area is 126 Å². The third-order valence-corrected chi connectivity index (χ3v) is 3.11. The highest BCUT2D eigenvalue weighted by Gasteiger charge is 2.03. The maximum Gasteiger partial charge on any atom is 0.187 e. The molecule has 110 valence electrons. The smallest absolute Gasteiger partial charge is 0.187 e. The zero-order valence-electron chi connectivity index (χ0n) is 12.6. The molecule has 0 radical (unpaired) electrons. The van der Waals surface area contributed by atoms with E-state index in [1.807, 2.05) is 13.8 Å². The van der Waals surface area contributed by atoms with E-state index < -0.39 is 0 Å². The summed E-state index contributed by atoms with van der Waals surface area (Å²) >= 11 is 5.17. The lowest BCUT2D eigenvalue weighted by molar-refractivity contribution is 0.179. The number of nitrogens with zero attached hydrogens (tertiary/aromatic N) is 1. The Bertz CT molecular complexity index is 457. The van der Waals surface area contributed by atoms with Gasteiger partial charge < -0.3 is 10.1 Å². The first-order valence-electron chi connectivity index (χ1n) is 6.75. The molecule has 0 aliphatic carbocycles. The summed E-state index contributed by atoms with van der Waals surface area (Å²) in [5.41, 5.74) is 6.16. The van der Waals surface area contributed by atoms with Crippen LogP contribution in [-0.4, -0.2) is 30.6 Å². The van der Waals surface area contributed by atoms with Gasteiger partial charge in [-0.05, 0) is 43.6 Å². The summed E-state index contributed by atoms with van der Waals surface area (Å²) in [6, 6.07) is 8.53. The van der Waals surface area contributed by atoms with Gasteiger partial charge in [0.2, 0.25) is 0 Å². The van der Waals surface area contributed by atoms with E-state index >= 15 is 0 Å². The van der Waals surface area contributed by atoms with Crippen molar-refractivity contribution in [2.75, 3.05) is 13.7 Å². The lowest BCUT2D eigenvalue weighted by Gasteiger charge is -2.14. The number of thiocarbonyl (C=S) groups is 1. The van der Waals surface area contributed by atoms with Gasteiger partial charge in [0.05, 0.1) is 12.3 Å². The fraction of sp³-hybridized carbons (Fsp3) is 0.467. The van der Waals surface area contributed by atoms with E-state index in [2.05, 4.69) is 47.0 Å². The van der Waals surface area contributed by atoms with Crippen molar-refractivity contribution >= 4 is 23.0 Å². The second kappa shape index (κ2) is 8.66. The molecule has 0 bridgehead atoms. The molecule has 1 atom stereocenters. The molecule has 0 amide bonds. The highest BCUT2D eigenvalue weighted by atomic mass is 32.1. The molecule has 0 spiro atoms. The lowest BCUT2D eigenvalue weighted by atomic mass is 10.1. The van der Waals surface area contributed by atoms with E-state index in [-0.39, 0.29) is 6.04 Å². The second-order valence-electron chi connectivity index (χ2n) is 4.69. The number of aryl methyl sites for hydroxylation is 1. The van der Waals surface area contributed by atoms with Crippen LogP contribution in [0, 0.1) is 0 Å². The molecule has 1 aromatic carbocycles. The van der Waals surface area contributed by atoms with Crippen molar-refractivity contribution in [3.8, 4) is 0 Å². The zero-order chi connectivity index (χ0) is 15.0. The Morgan fingerprint density at radius 3 is 2.55 bits per heavy atom. The number of hydrogen-bond donors (Lipinski definition) is 2. The number of methoxy groups -OCH3 is 1. The van der Waals surface area contributed by atoms with Gasteiger partial charge in [-0.3, -0.25) is 5.43 Å². The van der Waals surface area contributed by atoms with Crippen LogP contribution >= 0.6 is 12.2 Å². The highest BCUT2D eigenvalue weighted by Crippen LogP contribution is 2.06. The van der Waals surface area contributed by atoms with Crippen molar-refractivity contribution in [3.05, 3.63) is 35.4 Å². The van der Waals surface area contributed by atoms with Crippen molar-refractivity contribution in [2.24, 2.45) is 5.10 Å². The summed E-state index contributed by atoms with van der Waals surface area (Å²) in [6.07, 6.45) is 1.04. The van der Waals surface area contributed by atoms with Crippen molar-refractivity contribution in [1.29, 1.82) is 0 Å².